The number of rotatable bonds is 7. The van der Waals surface area contributed by atoms with Crippen molar-refractivity contribution >= 4 is 10.9 Å². The van der Waals surface area contributed by atoms with Crippen LogP contribution in [0.4, 0.5) is 0 Å². The molecule has 0 aliphatic rings. The van der Waals surface area contributed by atoms with Crippen LogP contribution in [0.3, 0.4) is 0 Å². The summed E-state index contributed by atoms with van der Waals surface area (Å²) in [4.78, 5) is 4.29. The highest BCUT2D eigenvalue weighted by atomic mass is 16.5. The van der Waals surface area contributed by atoms with E-state index in [1.54, 1.807) is 13.1 Å². The van der Waals surface area contributed by atoms with Crippen molar-refractivity contribution in [2.45, 2.75) is 25.9 Å². The molecule has 0 spiro atoms. The van der Waals surface area contributed by atoms with Gasteiger partial charge in [0.05, 0.1) is 5.52 Å². The second-order valence-corrected chi connectivity index (χ2v) is 5.29. The Hall–Kier alpha value is -1.65. The van der Waals surface area contributed by atoms with Crippen LogP contribution in [0.5, 0.6) is 5.75 Å². The maximum atomic E-state index is 10.3. The van der Waals surface area contributed by atoms with E-state index >= 15 is 0 Å². The molecule has 0 saturated carbocycles. The molecule has 0 radical (unpaired) electrons. The third-order valence-electron chi connectivity index (χ3n) is 3.08. The normalized spacial score (nSPS) is 14.2. The molecule has 4 nitrogen and oxygen atoms in total. The lowest BCUT2D eigenvalue weighted by atomic mass is 10.1. The van der Waals surface area contributed by atoms with E-state index in [1.807, 2.05) is 30.3 Å². The zero-order valence-electron chi connectivity index (χ0n) is 12.1. The van der Waals surface area contributed by atoms with Crippen LogP contribution in [0, 0.1) is 0 Å². The van der Waals surface area contributed by atoms with Crippen molar-refractivity contribution in [2.24, 2.45) is 0 Å². The Kier molecular flexibility index (Phi) is 4.93. The molecule has 1 atom stereocenters. The molecule has 1 heterocycles. The lowest BCUT2D eigenvalue weighted by molar-refractivity contribution is 0.0130. The molecule has 2 rings (SSSR count). The number of nitrogens with one attached hydrogen (secondary N) is 1. The summed E-state index contributed by atoms with van der Waals surface area (Å²) in [5.41, 5.74) is 0.00765. The van der Waals surface area contributed by atoms with E-state index in [9.17, 15) is 5.11 Å². The minimum atomic E-state index is -0.889. The van der Waals surface area contributed by atoms with E-state index in [0.29, 0.717) is 6.54 Å². The van der Waals surface area contributed by atoms with Crippen LogP contribution in [0.1, 0.15) is 20.3 Å². The van der Waals surface area contributed by atoms with Gasteiger partial charge in [0.25, 0.3) is 0 Å². The van der Waals surface area contributed by atoms with Crippen molar-refractivity contribution < 1.29 is 9.84 Å². The number of hydrogen-bond acceptors (Lipinski definition) is 4. The molecule has 108 valence electrons. The van der Waals surface area contributed by atoms with Crippen molar-refractivity contribution in [3.8, 4) is 5.75 Å². The van der Waals surface area contributed by atoms with E-state index < -0.39 is 5.60 Å². The monoisotopic (exact) mass is 274 g/mol. The average molecular weight is 274 g/mol. The Bertz CT molecular complexity index is 550. The minimum absolute atomic E-state index is 0.248. The topological polar surface area (TPSA) is 54.4 Å². The zero-order chi connectivity index (χ0) is 14.4. The van der Waals surface area contributed by atoms with Crippen LogP contribution >= 0.6 is 0 Å². The van der Waals surface area contributed by atoms with E-state index in [-0.39, 0.29) is 6.61 Å². The van der Waals surface area contributed by atoms with Gasteiger partial charge < -0.3 is 15.2 Å². The Morgan fingerprint density at radius 1 is 1.30 bits per heavy atom. The van der Waals surface area contributed by atoms with Crippen LogP contribution in [0.15, 0.2) is 36.5 Å². The number of nitrogens with zero attached hydrogens (tertiary/aromatic N) is 1. The maximum Gasteiger partial charge on any atom is 0.128 e. The van der Waals surface area contributed by atoms with Gasteiger partial charge in [-0.25, -0.2) is 0 Å². The Labute approximate surface area is 119 Å². The summed E-state index contributed by atoms with van der Waals surface area (Å²) in [5, 5.41) is 14.4. The fourth-order valence-corrected chi connectivity index (χ4v) is 2.02. The first-order valence-electron chi connectivity index (χ1n) is 7.02. The summed E-state index contributed by atoms with van der Waals surface area (Å²) in [6, 6.07) is 9.62. The number of benzene rings is 1. The Morgan fingerprint density at radius 2 is 2.15 bits per heavy atom. The molecule has 1 aromatic heterocycles. The summed E-state index contributed by atoms with van der Waals surface area (Å²) in [6.07, 6.45) is 2.81. The number of ether oxygens (including phenoxy) is 1. The first-order chi connectivity index (χ1) is 9.62. The molecule has 0 saturated heterocycles. The van der Waals surface area contributed by atoms with Crippen molar-refractivity contribution in [3.05, 3.63) is 36.5 Å². The lowest BCUT2D eigenvalue weighted by Gasteiger charge is -2.24. The molecule has 0 fully saturated rings. The molecule has 1 unspecified atom stereocenters. The van der Waals surface area contributed by atoms with E-state index in [1.165, 1.54) is 0 Å². The first kappa shape index (κ1) is 14.8. The van der Waals surface area contributed by atoms with Gasteiger partial charge in [0, 0.05) is 18.1 Å². The zero-order valence-corrected chi connectivity index (χ0v) is 12.1. The van der Waals surface area contributed by atoms with Gasteiger partial charge in [-0.15, -0.1) is 0 Å². The van der Waals surface area contributed by atoms with Gasteiger partial charge >= 0.3 is 0 Å². The number of aromatic nitrogens is 1. The standard InChI is InChI=1S/C16H22N2O2/c1-3-9-17-11-16(2,19)12-20-15-8-4-7-14-13(15)6-5-10-18-14/h4-8,10,17,19H,3,9,11-12H2,1-2H3. The Morgan fingerprint density at radius 3 is 2.95 bits per heavy atom. The summed E-state index contributed by atoms with van der Waals surface area (Å²) in [5.74, 6) is 0.756. The molecule has 20 heavy (non-hydrogen) atoms. The van der Waals surface area contributed by atoms with Crippen molar-refractivity contribution in [1.29, 1.82) is 0 Å². The number of pyridine rings is 1. The van der Waals surface area contributed by atoms with Crippen LogP contribution in [-0.2, 0) is 0 Å². The second-order valence-electron chi connectivity index (χ2n) is 5.29. The molecule has 0 amide bonds. The van der Waals surface area contributed by atoms with E-state index in [2.05, 4.69) is 17.2 Å². The van der Waals surface area contributed by atoms with E-state index in [4.69, 9.17) is 4.74 Å². The molecular formula is C16H22N2O2. The van der Waals surface area contributed by atoms with Crippen molar-refractivity contribution in [3.63, 3.8) is 0 Å². The molecule has 0 aliphatic heterocycles. The highest BCUT2D eigenvalue weighted by Crippen LogP contribution is 2.24. The largest absolute Gasteiger partial charge is 0.490 e. The quantitative estimate of drug-likeness (QED) is 0.761. The molecule has 2 aromatic rings. The van der Waals surface area contributed by atoms with Gasteiger partial charge in [-0.1, -0.05) is 13.0 Å². The summed E-state index contributed by atoms with van der Waals surface area (Å²) >= 11 is 0. The van der Waals surface area contributed by atoms with Crippen molar-refractivity contribution in [2.75, 3.05) is 19.7 Å². The van der Waals surface area contributed by atoms with Gasteiger partial charge in [-0.05, 0) is 44.2 Å². The molecule has 2 N–H and O–H groups in total. The fourth-order valence-electron chi connectivity index (χ4n) is 2.02. The SMILES string of the molecule is CCCNCC(C)(O)COc1cccc2ncccc12. The first-order valence-corrected chi connectivity index (χ1v) is 7.02. The second kappa shape index (κ2) is 6.68. The summed E-state index contributed by atoms with van der Waals surface area (Å²) in [7, 11) is 0. The van der Waals surface area contributed by atoms with Crippen LogP contribution in [0.25, 0.3) is 10.9 Å². The van der Waals surface area contributed by atoms with Crippen LogP contribution in [0.2, 0.25) is 0 Å². The number of aliphatic hydroxyl groups is 1. The third-order valence-corrected chi connectivity index (χ3v) is 3.08. The van der Waals surface area contributed by atoms with Gasteiger partial charge in [0.2, 0.25) is 0 Å². The molecular weight excluding hydrogens is 252 g/mol. The molecule has 0 aliphatic carbocycles. The van der Waals surface area contributed by atoms with Gasteiger partial charge in [0.15, 0.2) is 0 Å². The van der Waals surface area contributed by atoms with Crippen LogP contribution < -0.4 is 10.1 Å². The predicted octanol–water partition coefficient (Wildman–Crippen LogP) is 2.36. The number of hydrogen-bond donors (Lipinski definition) is 2. The predicted molar refractivity (Wildman–Crippen MR) is 81.0 cm³/mol. The summed E-state index contributed by atoms with van der Waals surface area (Å²) in [6.45, 7) is 5.54. The minimum Gasteiger partial charge on any atom is -0.490 e. The smallest absolute Gasteiger partial charge is 0.128 e. The molecule has 1 aromatic carbocycles. The van der Waals surface area contributed by atoms with Crippen molar-refractivity contribution in [1.82, 2.24) is 10.3 Å². The van der Waals surface area contributed by atoms with Crippen LogP contribution in [-0.4, -0.2) is 35.4 Å². The summed E-state index contributed by atoms with van der Waals surface area (Å²) < 4.78 is 5.78. The maximum absolute atomic E-state index is 10.3. The average Bonchev–Trinajstić information content (AvgIpc) is 2.45. The molecule has 0 bridgehead atoms. The lowest BCUT2D eigenvalue weighted by Crippen LogP contribution is -2.43. The highest BCUT2D eigenvalue weighted by molar-refractivity contribution is 5.84. The molecule has 4 heteroatoms. The highest BCUT2D eigenvalue weighted by Gasteiger charge is 2.21. The number of fused-ring (bicyclic) bond motifs is 1. The third kappa shape index (κ3) is 3.92. The Balaban J connectivity index is 2.02. The van der Waals surface area contributed by atoms with E-state index in [0.717, 1.165) is 29.6 Å². The van der Waals surface area contributed by atoms with Gasteiger partial charge in [-0.3, -0.25) is 4.98 Å². The fraction of sp³-hybridized carbons (Fsp3) is 0.438. The van der Waals surface area contributed by atoms with Gasteiger partial charge in [0.1, 0.15) is 18.0 Å². The van der Waals surface area contributed by atoms with Gasteiger partial charge in [-0.2, -0.15) is 0 Å².